The van der Waals surface area contributed by atoms with Crippen molar-refractivity contribution in [3.05, 3.63) is 33.7 Å². The molecule has 14 heteroatoms. The molecule has 2 aromatic heterocycles. The Hall–Kier alpha value is -0.554. The normalized spacial score (nSPS) is 10.1. The first kappa shape index (κ1) is 32.6. The molecule has 0 aliphatic carbocycles. The first-order valence-electron chi connectivity index (χ1n) is 8.68. The summed E-state index contributed by atoms with van der Waals surface area (Å²) in [5, 5.41) is 21.8. The second-order valence-corrected chi connectivity index (χ2v) is 8.42. The Morgan fingerprint density at radius 2 is 1.87 bits per heavy atom. The topological polar surface area (TPSA) is 170 Å². The van der Waals surface area contributed by atoms with Crippen molar-refractivity contribution in [2.75, 3.05) is 27.1 Å². The number of ether oxygens (including phenoxy) is 2. The minimum atomic E-state index is -3.98. The number of aryl methyl sites for hydroxylation is 2. The molecule has 172 valence electrons. The fourth-order valence-electron chi connectivity index (χ4n) is 1.74. The van der Waals surface area contributed by atoms with Gasteiger partial charge in [0.2, 0.25) is 0 Å². The fraction of sp³-hybridized carbons (Fsp3) is 0.529. The van der Waals surface area contributed by atoms with Gasteiger partial charge in [0.25, 0.3) is 0 Å². The minimum absolute atomic E-state index is 0. The second kappa shape index (κ2) is 17.9. The summed E-state index contributed by atoms with van der Waals surface area (Å²) in [7, 11) is -2.35. The third kappa shape index (κ3) is 15.8. The molecule has 0 bridgehead atoms. The molecule has 0 unspecified atom stereocenters. The first-order valence-corrected chi connectivity index (χ1v) is 10.9. The Morgan fingerprint density at radius 1 is 1.26 bits per heavy atom. The van der Waals surface area contributed by atoms with Crippen LogP contribution >= 0.6 is 11.3 Å². The zero-order valence-electron chi connectivity index (χ0n) is 18.2. The van der Waals surface area contributed by atoms with E-state index in [9.17, 15) is 8.42 Å². The van der Waals surface area contributed by atoms with E-state index in [0.717, 1.165) is 40.4 Å². The molecule has 2 rings (SSSR count). The van der Waals surface area contributed by atoms with Gasteiger partial charge in [0.05, 0.1) is 19.9 Å². The van der Waals surface area contributed by atoms with E-state index in [1.54, 1.807) is 13.2 Å². The summed E-state index contributed by atoms with van der Waals surface area (Å²) < 4.78 is 44.9. The molecule has 0 saturated carbocycles. The van der Waals surface area contributed by atoms with Gasteiger partial charge in [-0.25, -0.2) is 4.79 Å². The number of hydrogen-bond acceptors (Lipinski definition) is 8. The molecule has 0 aromatic carbocycles. The van der Waals surface area contributed by atoms with Crippen LogP contribution in [0.5, 0.6) is 0 Å². The van der Waals surface area contributed by atoms with Gasteiger partial charge in [0.15, 0.2) is 0 Å². The predicted molar refractivity (Wildman–Crippen MR) is 110 cm³/mol. The molecule has 11 nitrogen and oxygen atoms in total. The van der Waals surface area contributed by atoms with Gasteiger partial charge in [0, 0.05) is 12.0 Å². The number of thiophene rings is 1. The van der Waals surface area contributed by atoms with Crippen LogP contribution < -0.4 is 51.4 Å². The van der Waals surface area contributed by atoms with Crippen LogP contribution in [0.2, 0.25) is 0 Å². The van der Waals surface area contributed by atoms with E-state index in [0.29, 0.717) is 19.0 Å². The number of hydrogen-bond donors (Lipinski definition) is 3. The van der Waals surface area contributed by atoms with Gasteiger partial charge >= 0.3 is 67.7 Å². The summed E-state index contributed by atoms with van der Waals surface area (Å²) >= 11 is 1.13. The predicted octanol–water partition coefficient (Wildman–Crippen LogP) is 1.09. The van der Waals surface area contributed by atoms with Crippen LogP contribution in [-0.4, -0.2) is 61.6 Å². The number of carbonyl (C=O) groups is 1. The molecule has 3 N–H and O–H groups in total. The Bertz CT molecular complexity index is 850. The van der Waals surface area contributed by atoms with Crippen LogP contribution in [-0.2, 0) is 26.0 Å². The average Bonchev–Trinajstić information content (AvgIpc) is 3.24. The molecular weight excluding hydrogens is 479 g/mol. The van der Waals surface area contributed by atoms with Crippen molar-refractivity contribution in [2.45, 2.75) is 37.8 Å². The zero-order chi connectivity index (χ0) is 23.2. The van der Waals surface area contributed by atoms with Crippen LogP contribution in [0.4, 0.5) is 10.6 Å². The number of methoxy groups -OCH3 is 1. The van der Waals surface area contributed by atoms with E-state index < -0.39 is 16.3 Å². The molecule has 0 aliphatic heterocycles. The molecular formula is C17H27KN2O9S2. The van der Waals surface area contributed by atoms with Crippen molar-refractivity contribution >= 4 is 33.4 Å². The molecule has 0 fully saturated rings. The maximum Gasteiger partial charge on any atom is 1.00 e. The van der Waals surface area contributed by atoms with Gasteiger partial charge in [0.1, 0.15) is 9.97 Å². The quantitative estimate of drug-likeness (QED) is 0.254. The van der Waals surface area contributed by atoms with E-state index in [1.165, 1.54) is 6.07 Å². The van der Waals surface area contributed by atoms with Crippen LogP contribution in [0.25, 0.3) is 5.32 Å². The van der Waals surface area contributed by atoms with E-state index in [2.05, 4.69) is 10.5 Å². The van der Waals surface area contributed by atoms with Crippen molar-refractivity contribution in [1.82, 2.24) is 5.16 Å². The number of aromatic nitrogens is 1. The average molecular weight is 507 g/mol. The Kier molecular flexibility index (Phi) is 18.9. The summed E-state index contributed by atoms with van der Waals surface area (Å²) in [6.07, 6.45) is 0.00557. The van der Waals surface area contributed by atoms with Crippen molar-refractivity contribution in [1.29, 1.82) is 0 Å². The first-order chi connectivity index (χ1) is 14.0. The van der Waals surface area contributed by atoms with Crippen molar-refractivity contribution in [3.63, 3.8) is 0 Å². The molecule has 2 aromatic rings. The van der Waals surface area contributed by atoms with Crippen molar-refractivity contribution in [2.24, 2.45) is 0 Å². The van der Waals surface area contributed by atoms with Gasteiger partial charge in [-0.3, -0.25) is 9.71 Å². The molecule has 0 amide bonds. The van der Waals surface area contributed by atoms with Gasteiger partial charge in [-0.2, -0.15) is 8.42 Å². The summed E-state index contributed by atoms with van der Waals surface area (Å²) in [6.45, 7) is 7.19. The number of rotatable bonds is 9. The Morgan fingerprint density at radius 3 is 2.29 bits per heavy atom. The summed E-state index contributed by atoms with van der Waals surface area (Å²) in [6, 6.07) is 3.17. The largest absolute Gasteiger partial charge is 1.00 e. The van der Waals surface area contributed by atoms with E-state index in [1.807, 2.05) is 20.8 Å². The third-order valence-corrected chi connectivity index (χ3v) is 5.72. The zero-order valence-corrected chi connectivity index (χ0v) is 22.9. The molecule has 2 heterocycles. The standard InChI is InChI=1S/C9H15N2O3.C7H10O3S2.CH2O3.K/c1-7-8(2)14-11-9(7)10-6-13-5-4-12-3;1-2-3-6-4-5-7(11-6)12(8,9)10;2-1(3)4;/h4-6H2,1-3H3;4-5H,2-3H2,1H3,(H,8,9,10);(H2,2,3,4);/q-1;;;+1. The van der Waals surface area contributed by atoms with Crippen LogP contribution in [0, 0.1) is 13.8 Å². The fourth-order valence-corrected chi connectivity index (χ4v) is 3.56. The maximum atomic E-state index is 10.6. The summed E-state index contributed by atoms with van der Waals surface area (Å²) in [5.74, 6) is 1.40. The minimum Gasteiger partial charge on any atom is -0.460 e. The number of carboxylic acid groups (broad SMARTS) is 2. The van der Waals surface area contributed by atoms with Crippen LogP contribution in [0.3, 0.4) is 0 Å². The SMILES string of the molecule is CCCc1ccc(S(=O)(=O)O)s1.COCCOC[N-]c1noc(C)c1C.O=C(O)O.[K+]. The summed E-state index contributed by atoms with van der Waals surface area (Å²) in [5.41, 5.74) is 0.959. The molecule has 0 radical (unpaired) electrons. The van der Waals surface area contributed by atoms with Crippen LogP contribution in [0.1, 0.15) is 29.5 Å². The Labute approximate surface area is 228 Å². The Balaban J connectivity index is 0. The van der Waals surface area contributed by atoms with E-state index in [4.69, 9.17) is 33.6 Å². The molecule has 0 aliphatic rings. The molecule has 0 saturated heterocycles. The number of nitrogens with zero attached hydrogens (tertiary/aromatic N) is 2. The van der Waals surface area contributed by atoms with Crippen molar-refractivity contribution in [3.8, 4) is 0 Å². The smallest absolute Gasteiger partial charge is 0.460 e. The third-order valence-electron chi connectivity index (χ3n) is 3.26. The maximum absolute atomic E-state index is 10.6. The van der Waals surface area contributed by atoms with E-state index in [-0.39, 0.29) is 62.3 Å². The monoisotopic (exact) mass is 506 g/mol. The van der Waals surface area contributed by atoms with Gasteiger partial charge in [-0.05, 0) is 43.8 Å². The van der Waals surface area contributed by atoms with Crippen LogP contribution in [0.15, 0.2) is 20.9 Å². The second-order valence-electron chi connectivity index (χ2n) is 5.60. The molecule has 0 spiro atoms. The molecule has 0 atom stereocenters. The van der Waals surface area contributed by atoms with Gasteiger partial charge in [-0.15, -0.1) is 11.3 Å². The van der Waals surface area contributed by atoms with Gasteiger partial charge < -0.3 is 29.5 Å². The summed E-state index contributed by atoms with van der Waals surface area (Å²) in [4.78, 5) is 9.55. The van der Waals surface area contributed by atoms with Crippen molar-refractivity contribution < 1.29 is 93.4 Å². The molecule has 31 heavy (non-hydrogen) atoms. The van der Waals surface area contributed by atoms with Gasteiger partial charge in [-0.1, -0.05) is 13.3 Å². The van der Waals surface area contributed by atoms with E-state index >= 15 is 0 Å².